The number of aliphatic hydroxyl groups is 2. The van der Waals surface area contributed by atoms with Gasteiger partial charge in [-0.25, -0.2) is 0 Å². The lowest BCUT2D eigenvalue weighted by molar-refractivity contribution is -0.175. The summed E-state index contributed by atoms with van der Waals surface area (Å²) in [6, 6.07) is 0. The van der Waals surface area contributed by atoms with Gasteiger partial charge in [0, 0.05) is 23.9 Å². The molecule has 8 rings (SSSR count). The van der Waals surface area contributed by atoms with E-state index in [-0.39, 0.29) is 33.5 Å². The molecule has 0 heterocycles. The maximum atomic E-state index is 14.1. The maximum Gasteiger partial charge on any atom is 0.226 e. The average Bonchev–Trinajstić information content (AvgIpc) is 3.32. The normalized spacial score (nSPS) is 53.6. The molecule has 0 aromatic carbocycles. The minimum absolute atomic E-state index is 0.103. The van der Waals surface area contributed by atoms with Crippen LogP contribution < -0.4 is 10.6 Å². The van der Waals surface area contributed by atoms with Gasteiger partial charge in [0.1, 0.15) is 0 Å². The van der Waals surface area contributed by atoms with Crippen molar-refractivity contribution >= 4 is 11.8 Å². The van der Waals surface area contributed by atoms with E-state index < -0.39 is 22.0 Å². The Morgan fingerprint density at radius 2 is 0.979 bits per heavy atom. The standard InChI is InChI=1S/C42H64N2O4/c1-27-23-39-17-9-29-35(3,31(39)11-19-41(27,47)25-39)13-7-15-37(29,5)33(45)43-21-22-44-34(46)38(6)16-8-14-36(4)30(38)10-18-40-24-28(2)42(48,26-40)20-12-32(36)40/h29-32,47-48H,1-2,7-26H2,3-6H3,(H,43,45)(H,44,46)/t29-,30-,31-,32-,35+,36+,37+,38+,39+,40+,41-,42-/m0/s1. The summed E-state index contributed by atoms with van der Waals surface area (Å²) in [5.41, 5.74) is 0.478. The fourth-order valence-electron chi connectivity index (χ4n) is 16.0. The summed E-state index contributed by atoms with van der Waals surface area (Å²) in [6.07, 6.45) is 18.0. The molecule has 0 unspecified atom stereocenters. The van der Waals surface area contributed by atoms with Gasteiger partial charge >= 0.3 is 0 Å². The number of amides is 2. The topological polar surface area (TPSA) is 98.7 Å². The van der Waals surface area contributed by atoms with E-state index in [9.17, 15) is 19.8 Å². The molecule has 4 N–H and O–H groups in total. The summed E-state index contributed by atoms with van der Waals surface area (Å²) >= 11 is 0. The average molecular weight is 661 g/mol. The van der Waals surface area contributed by atoms with Gasteiger partial charge in [-0.2, -0.15) is 0 Å². The summed E-state index contributed by atoms with van der Waals surface area (Å²) in [7, 11) is 0. The van der Waals surface area contributed by atoms with Gasteiger partial charge in [0.25, 0.3) is 0 Å². The molecule has 6 nitrogen and oxygen atoms in total. The third-order valence-electron chi connectivity index (χ3n) is 18.0. The molecule has 0 aliphatic heterocycles. The van der Waals surface area contributed by atoms with Crippen molar-refractivity contribution in [1.29, 1.82) is 0 Å². The van der Waals surface area contributed by atoms with Gasteiger partial charge in [0.05, 0.1) is 11.2 Å². The first kappa shape index (κ1) is 33.5. The number of rotatable bonds is 5. The Morgan fingerprint density at radius 1 is 0.604 bits per heavy atom. The van der Waals surface area contributed by atoms with Gasteiger partial charge in [0.2, 0.25) is 11.8 Å². The molecule has 8 saturated carbocycles. The maximum absolute atomic E-state index is 14.1. The zero-order valence-corrected chi connectivity index (χ0v) is 30.6. The predicted octanol–water partition coefficient (Wildman–Crippen LogP) is 7.39. The van der Waals surface area contributed by atoms with Gasteiger partial charge in [-0.3, -0.25) is 9.59 Å². The second kappa shape index (κ2) is 10.5. The van der Waals surface area contributed by atoms with Gasteiger partial charge < -0.3 is 20.8 Å². The van der Waals surface area contributed by atoms with Crippen molar-refractivity contribution in [2.45, 2.75) is 154 Å². The van der Waals surface area contributed by atoms with E-state index in [1.165, 1.54) is 12.8 Å². The first-order valence-corrected chi connectivity index (χ1v) is 19.9. The Morgan fingerprint density at radius 3 is 1.38 bits per heavy atom. The largest absolute Gasteiger partial charge is 0.386 e. The van der Waals surface area contributed by atoms with Crippen molar-refractivity contribution in [3.8, 4) is 0 Å². The van der Waals surface area contributed by atoms with Crippen LogP contribution in [-0.4, -0.2) is 46.3 Å². The Labute approximate surface area is 289 Å². The van der Waals surface area contributed by atoms with Gasteiger partial charge in [-0.1, -0.05) is 53.7 Å². The van der Waals surface area contributed by atoms with Crippen molar-refractivity contribution in [3.63, 3.8) is 0 Å². The minimum Gasteiger partial charge on any atom is -0.386 e. The summed E-state index contributed by atoms with van der Waals surface area (Å²) in [5, 5.41) is 29.2. The molecule has 8 aliphatic rings. The molecule has 48 heavy (non-hydrogen) atoms. The van der Waals surface area contributed by atoms with Crippen LogP contribution in [0.2, 0.25) is 0 Å². The number of carbonyl (C=O) groups excluding carboxylic acids is 2. The molecule has 8 fully saturated rings. The van der Waals surface area contributed by atoms with Gasteiger partial charge in [-0.15, -0.1) is 0 Å². The zero-order valence-electron chi connectivity index (χ0n) is 30.6. The SMILES string of the molecule is C=C1C[C@@]23CC[C@H]4[C@@](C)(CCC[C@@]4(C)C(=O)NCCNC(=O)[C@]4(C)CCC[C@@]5(C)[C@@H]6CC[C@]7(O)C[C@@]6(CC[C@@H]54)CC7=C)[C@@H]2CC[C@]1(O)C3. The fourth-order valence-corrected chi connectivity index (χ4v) is 16.0. The highest BCUT2D eigenvalue weighted by molar-refractivity contribution is 5.84. The molecule has 2 spiro atoms. The van der Waals surface area contributed by atoms with E-state index >= 15 is 0 Å². The minimum atomic E-state index is -0.666. The molecule has 4 bridgehead atoms. The number of fused-ring (bicyclic) bond motifs is 6. The van der Waals surface area contributed by atoms with E-state index in [0.717, 1.165) is 114 Å². The molecule has 2 amide bonds. The summed E-state index contributed by atoms with van der Waals surface area (Å²) in [5.74, 6) is 2.08. The van der Waals surface area contributed by atoms with Crippen molar-refractivity contribution in [2.24, 2.45) is 56.2 Å². The van der Waals surface area contributed by atoms with Crippen LogP contribution in [0.15, 0.2) is 24.3 Å². The van der Waals surface area contributed by atoms with E-state index in [4.69, 9.17) is 0 Å². The van der Waals surface area contributed by atoms with Crippen molar-refractivity contribution in [2.75, 3.05) is 13.1 Å². The molecule has 0 saturated heterocycles. The number of nitrogens with one attached hydrogen (secondary N) is 2. The number of hydrogen-bond donors (Lipinski definition) is 4. The van der Waals surface area contributed by atoms with Crippen LogP contribution in [0.1, 0.15) is 143 Å². The van der Waals surface area contributed by atoms with Crippen LogP contribution in [0.3, 0.4) is 0 Å². The monoisotopic (exact) mass is 660 g/mol. The second-order valence-electron chi connectivity index (χ2n) is 20.1. The highest BCUT2D eigenvalue weighted by atomic mass is 16.3. The molecule has 266 valence electrons. The Bertz CT molecular complexity index is 1340. The van der Waals surface area contributed by atoms with Crippen LogP contribution >= 0.6 is 0 Å². The zero-order chi connectivity index (χ0) is 34.2. The van der Waals surface area contributed by atoms with E-state index in [1.807, 2.05) is 0 Å². The molecule has 12 atom stereocenters. The van der Waals surface area contributed by atoms with Gasteiger partial charge in [0.15, 0.2) is 0 Å². The summed E-state index contributed by atoms with van der Waals surface area (Å²) in [6.45, 7) is 19.0. The lowest BCUT2D eigenvalue weighted by atomic mass is 9.40. The predicted molar refractivity (Wildman–Crippen MR) is 189 cm³/mol. The molecule has 6 heteroatoms. The number of carbonyl (C=O) groups is 2. The first-order valence-electron chi connectivity index (χ1n) is 19.9. The van der Waals surface area contributed by atoms with E-state index in [1.54, 1.807) is 0 Å². The van der Waals surface area contributed by atoms with Crippen molar-refractivity contribution in [1.82, 2.24) is 10.6 Å². The Kier molecular flexibility index (Phi) is 7.29. The highest BCUT2D eigenvalue weighted by Gasteiger charge is 2.69. The lowest BCUT2D eigenvalue weighted by Gasteiger charge is -2.64. The molecule has 0 radical (unpaired) electrons. The van der Waals surface area contributed by atoms with Crippen molar-refractivity contribution in [3.05, 3.63) is 24.3 Å². The van der Waals surface area contributed by atoms with Crippen LogP contribution in [0, 0.1) is 56.2 Å². The fraction of sp³-hybridized carbons (Fsp3) is 0.857. The van der Waals surface area contributed by atoms with Crippen LogP contribution in [0.5, 0.6) is 0 Å². The van der Waals surface area contributed by atoms with E-state index in [2.05, 4.69) is 51.5 Å². The van der Waals surface area contributed by atoms with Gasteiger partial charge in [-0.05, 0) is 159 Å². The van der Waals surface area contributed by atoms with E-state index in [0.29, 0.717) is 36.8 Å². The quantitative estimate of drug-likeness (QED) is 0.183. The highest BCUT2D eigenvalue weighted by Crippen LogP contribution is 2.74. The molecule has 0 aromatic rings. The third kappa shape index (κ3) is 4.29. The third-order valence-corrected chi connectivity index (χ3v) is 18.0. The van der Waals surface area contributed by atoms with Crippen LogP contribution in [-0.2, 0) is 9.59 Å². The summed E-state index contributed by atoms with van der Waals surface area (Å²) < 4.78 is 0. The number of hydrogen-bond acceptors (Lipinski definition) is 4. The Balaban J connectivity index is 0.907. The second-order valence-corrected chi connectivity index (χ2v) is 20.1. The molecular formula is C42H64N2O4. The molecular weight excluding hydrogens is 596 g/mol. The summed E-state index contributed by atoms with van der Waals surface area (Å²) in [4.78, 5) is 28.2. The molecule has 0 aromatic heterocycles. The van der Waals surface area contributed by atoms with Crippen LogP contribution in [0.4, 0.5) is 0 Å². The smallest absolute Gasteiger partial charge is 0.226 e. The Hall–Kier alpha value is -1.66. The van der Waals surface area contributed by atoms with Crippen molar-refractivity contribution < 1.29 is 19.8 Å². The van der Waals surface area contributed by atoms with Crippen LogP contribution in [0.25, 0.3) is 0 Å². The lowest BCUT2D eigenvalue weighted by Crippen LogP contribution is -2.61. The molecule has 8 aliphatic carbocycles. The first-order chi connectivity index (χ1) is 22.5.